The number of nitrogens with zero attached hydrogens (tertiary/aromatic N) is 4. The lowest BCUT2D eigenvalue weighted by atomic mass is 10.0. The number of anilines is 2. The minimum atomic E-state index is -0.211. The summed E-state index contributed by atoms with van der Waals surface area (Å²) in [6.45, 7) is 0.521. The first-order chi connectivity index (χ1) is 16.1. The maximum atomic E-state index is 7.73. The van der Waals surface area contributed by atoms with Crippen molar-refractivity contribution in [3.63, 3.8) is 0 Å². The van der Waals surface area contributed by atoms with Gasteiger partial charge in [0.2, 0.25) is 0 Å². The normalized spacial score (nSPS) is 12.1. The average Bonchev–Trinajstić information content (AvgIpc) is 3.38. The predicted molar refractivity (Wildman–Crippen MR) is 132 cm³/mol. The molecule has 2 aromatic carbocycles. The number of fused-ring (bicyclic) bond motifs is 1. The monoisotopic (exact) mass is 442 g/mol. The molecule has 1 atom stereocenters. The van der Waals surface area contributed by atoms with E-state index >= 15 is 0 Å². The highest BCUT2D eigenvalue weighted by Gasteiger charge is 2.16. The van der Waals surface area contributed by atoms with Crippen molar-refractivity contribution in [1.82, 2.24) is 15.0 Å². The number of rotatable bonds is 9. The zero-order valence-corrected chi connectivity index (χ0v) is 18.8. The third kappa shape index (κ3) is 4.85. The van der Waals surface area contributed by atoms with Gasteiger partial charge in [-0.2, -0.15) is 0 Å². The Hall–Kier alpha value is -4.20. The fourth-order valence-electron chi connectivity index (χ4n) is 3.69. The van der Waals surface area contributed by atoms with Gasteiger partial charge in [0.05, 0.1) is 32.2 Å². The Balaban J connectivity index is 1.82. The summed E-state index contributed by atoms with van der Waals surface area (Å²) in [5, 5.41) is 8.70. The summed E-state index contributed by atoms with van der Waals surface area (Å²) in [4.78, 5) is 18.4. The van der Waals surface area contributed by atoms with Crippen molar-refractivity contribution in [3.8, 4) is 11.5 Å². The van der Waals surface area contributed by atoms with Crippen LogP contribution in [0.3, 0.4) is 0 Å². The zero-order chi connectivity index (χ0) is 23.2. The van der Waals surface area contributed by atoms with Gasteiger partial charge in [0.15, 0.2) is 0 Å². The lowest BCUT2D eigenvalue weighted by Gasteiger charge is -2.25. The molecule has 0 aliphatic carbocycles. The number of imidazole rings is 1. The summed E-state index contributed by atoms with van der Waals surface area (Å²) in [6.07, 6.45) is 8.45. The average molecular weight is 443 g/mol. The summed E-state index contributed by atoms with van der Waals surface area (Å²) in [7, 11) is 4.98. The van der Waals surface area contributed by atoms with E-state index in [-0.39, 0.29) is 5.92 Å². The van der Waals surface area contributed by atoms with E-state index in [1.54, 1.807) is 39.9 Å². The smallest absolute Gasteiger partial charge is 0.126 e. The van der Waals surface area contributed by atoms with E-state index in [9.17, 15) is 0 Å². The molecule has 0 aliphatic rings. The molecule has 2 N–H and O–H groups in total. The van der Waals surface area contributed by atoms with Gasteiger partial charge in [0.25, 0.3) is 0 Å². The number of aliphatic imine (C=N–C) groups is 1. The quantitative estimate of drug-likeness (QED) is 0.365. The number of aromatic nitrogens is 3. The third-order valence-corrected chi connectivity index (χ3v) is 5.38. The second kappa shape index (κ2) is 9.95. The second-order valence-corrected chi connectivity index (χ2v) is 7.44. The molecule has 0 bridgehead atoms. The van der Waals surface area contributed by atoms with Gasteiger partial charge in [-0.1, -0.05) is 0 Å². The highest BCUT2D eigenvalue weighted by molar-refractivity contribution is 5.91. The van der Waals surface area contributed by atoms with Crippen LogP contribution in [0.2, 0.25) is 0 Å². The molecule has 8 nitrogen and oxygen atoms in total. The number of hydrogen-bond donors (Lipinski definition) is 2. The Kier molecular flexibility index (Phi) is 6.64. The fraction of sp³-hybridized carbons (Fsp3) is 0.200. The molecule has 168 valence electrons. The van der Waals surface area contributed by atoms with Gasteiger partial charge in [-0.3, -0.25) is 9.98 Å². The Labute approximate surface area is 192 Å². The summed E-state index contributed by atoms with van der Waals surface area (Å²) in [6, 6.07) is 13.9. The van der Waals surface area contributed by atoms with E-state index in [0.29, 0.717) is 18.0 Å². The third-order valence-electron chi connectivity index (χ3n) is 5.38. The van der Waals surface area contributed by atoms with E-state index in [1.165, 1.54) is 6.21 Å². The molecule has 0 fully saturated rings. The Morgan fingerprint density at radius 2 is 1.85 bits per heavy atom. The van der Waals surface area contributed by atoms with E-state index in [2.05, 4.69) is 37.0 Å². The highest BCUT2D eigenvalue weighted by Crippen LogP contribution is 2.35. The molecule has 2 heterocycles. The van der Waals surface area contributed by atoms with Crippen LogP contribution in [0.1, 0.15) is 17.3 Å². The number of ether oxygens (including phenoxy) is 2. The number of methoxy groups -OCH3 is 2. The van der Waals surface area contributed by atoms with Crippen molar-refractivity contribution in [1.29, 1.82) is 5.41 Å². The predicted octanol–water partition coefficient (Wildman–Crippen LogP) is 4.75. The highest BCUT2D eigenvalue weighted by atomic mass is 16.5. The topological polar surface area (TPSA) is 99.5 Å². The second-order valence-electron chi connectivity index (χ2n) is 7.44. The number of hydrogen-bond acceptors (Lipinski definition) is 7. The lowest BCUT2D eigenvalue weighted by molar-refractivity contribution is 0.394. The molecular formula is C25H26N6O2. The van der Waals surface area contributed by atoms with Crippen LogP contribution in [0.4, 0.5) is 11.4 Å². The van der Waals surface area contributed by atoms with Crippen LogP contribution in [0.25, 0.3) is 10.9 Å². The number of nitrogens with one attached hydrogen (secondary N) is 2. The summed E-state index contributed by atoms with van der Waals surface area (Å²) >= 11 is 0. The molecule has 0 amide bonds. The number of pyridine rings is 1. The van der Waals surface area contributed by atoms with Crippen molar-refractivity contribution >= 4 is 34.7 Å². The standard InChI is InChI=1S/C25H26N6O2/c1-27-14-19(13-26)18-8-17-9-20(4-5-24(17)30-15-18)31(16-25-28-6-7-29-25)21-10-22(32-2)12-23(11-21)33-3/h4-15,19,26H,16H2,1-3H3,(H,28,29). The van der Waals surface area contributed by atoms with Gasteiger partial charge >= 0.3 is 0 Å². The maximum Gasteiger partial charge on any atom is 0.126 e. The van der Waals surface area contributed by atoms with Gasteiger partial charge in [0.1, 0.15) is 17.3 Å². The number of benzene rings is 2. The minimum Gasteiger partial charge on any atom is -0.497 e. The van der Waals surface area contributed by atoms with Crippen molar-refractivity contribution in [3.05, 3.63) is 72.4 Å². The van der Waals surface area contributed by atoms with Crippen LogP contribution in [0.5, 0.6) is 11.5 Å². The molecule has 4 aromatic rings. The molecule has 0 radical (unpaired) electrons. The Bertz CT molecular complexity index is 1250. The van der Waals surface area contributed by atoms with Gasteiger partial charge in [0, 0.05) is 73.0 Å². The van der Waals surface area contributed by atoms with Crippen molar-refractivity contribution < 1.29 is 9.47 Å². The number of aromatic amines is 1. The maximum absolute atomic E-state index is 7.73. The van der Waals surface area contributed by atoms with Crippen LogP contribution >= 0.6 is 0 Å². The molecule has 0 aliphatic heterocycles. The summed E-state index contributed by atoms with van der Waals surface area (Å²) in [5.41, 5.74) is 3.66. The molecular weight excluding hydrogens is 416 g/mol. The summed E-state index contributed by atoms with van der Waals surface area (Å²) in [5.74, 6) is 2.02. The van der Waals surface area contributed by atoms with E-state index in [4.69, 9.17) is 14.9 Å². The van der Waals surface area contributed by atoms with Crippen molar-refractivity contribution in [2.24, 2.45) is 4.99 Å². The van der Waals surface area contributed by atoms with E-state index < -0.39 is 0 Å². The molecule has 0 spiro atoms. The van der Waals surface area contributed by atoms with Gasteiger partial charge in [-0.25, -0.2) is 4.98 Å². The van der Waals surface area contributed by atoms with E-state index in [1.807, 2.05) is 36.5 Å². The lowest BCUT2D eigenvalue weighted by Crippen LogP contribution is -2.17. The first-order valence-electron chi connectivity index (χ1n) is 10.5. The molecule has 33 heavy (non-hydrogen) atoms. The largest absolute Gasteiger partial charge is 0.497 e. The molecule has 2 aromatic heterocycles. The van der Waals surface area contributed by atoms with Crippen LogP contribution in [-0.2, 0) is 6.54 Å². The van der Waals surface area contributed by atoms with E-state index in [0.717, 1.165) is 33.7 Å². The van der Waals surface area contributed by atoms with Crippen molar-refractivity contribution in [2.75, 3.05) is 26.2 Å². The first-order valence-corrected chi connectivity index (χ1v) is 10.5. The van der Waals surface area contributed by atoms with Crippen molar-refractivity contribution in [2.45, 2.75) is 12.5 Å². The Morgan fingerprint density at radius 3 is 2.48 bits per heavy atom. The van der Waals surface area contributed by atoms with Crippen LogP contribution in [0, 0.1) is 5.41 Å². The van der Waals surface area contributed by atoms with Gasteiger partial charge in [-0.15, -0.1) is 0 Å². The van der Waals surface area contributed by atoms with Gasteiger partial charge in [-0.05, 0) is 29.8 Å². The fourth-order valence-corrected chi connectivity index (χ4v) is 3.69. The van der Waals surface area contributed by atoms with Crippen LogP contribution < -0.4 is 14.4 Å². The SMILES string of the molecule is CN=CC(C=N)c1cnc2ccc(N(Cc3ncc[nH]3)c3cc(OC)cc(OC)c3)cc2c1. The molecule has 0 saturated carbocycles. The first kappa shape index (κ1) is 22.0. The van der Waals surface area contributed by atoms with Crippen LogP contribution in [0.15, 0.2) is 66.0 Å². The molecule has 8 heteroatoms. The summed E-state index contributed by atoms with van der Waals surface area (Å²) < 4.78 is 11.0. The minimum absolute atomic E-state index is 0.211. The van der Waals surface area contributed by atoms with Crippen LogP contribution in [-0.4, -0.2) is 48.6 Å². The molecule has 4 rings (SSSR count). The zero-order valence-electron chi connectivity index (χ0n) is 18.8. The number of H-pyrrole nitrogens is 1. The Morgan fingerprint density at radius 1 is 1.06 bits per heavy atom. The molecule has 1 unspecified atom stereocenters. The van der Waals surface area contributed by atoms with Gasteiger partial charge < -0.3 is 24.8 Å². The molecule has 0 saturated heterocycles.